The van der Waals surface area contributed by atoms with Crippen LogP contribution in [0.5, 0.6) is 0 Å². The molecule has 1 aliphatic carbocycles. The first-order valence-electron chi connectivity index (χ1n) is 5.92. The zero-order valence-corrected chi connectivity index (χ0v) is 11.2. The van der Waals surface area contributed by atoms with Gasteiger partial charge in [-0.15, -0.1) is 11.3 Å². The van der Waals surface area contributed by atoms with Gasteiger partial charge in [0.1, 0.15) is 6.04 Å². The number of thiazole rings is 1. The van der Waals surface area contributed by atoms with Crippen molar-refractivity contribution in [3.63, 3.8) is 0 Å². The van der Waals surface area contributed by atoms with Crippen LogP contribution in [-0.4, -0.2) is 22.1 Å². The van der Waals surface area contributed by atoms with Crippen molar-refractivity contribution in [2.45, 2.75) is 45.7 Å². The third-order valence-corrected chi connectivity index (χ3v) is 4.38. The molecule has 1 aliphatic rings. The molecule has 0 spiro atoms. The maximum Gasteiger partial charge on any atom is 0.321 e. The fourth-order valence-corrected chi connectivity index (χ4v) is 3.07. The van der Waals surface area contributed by atoms with E-state index in [4.69, 9.17) is 0 Å². The number of nitrogens with zero attached hydrogens (tertiary/aromatic N) is 1. The summed E-state index contributed by atoms with van der Waals surface area (Å²) < 4.78 is 0. The van der Waals surface area contributed by atoms with E-state index >= 15 is 0 Å². The SMILES string of the molecule is Cc1nc(C)c(C(C)NC(C(=O)O)C2CC2)s1. The topological polar surface area (TPSA) is 62.2 Å². The van der Waals surface area contributed by atoms with Crippen molar-refractivity contribution in [3.8, 4) is 0 Å². The number of carboxylic acid groups (broad SMARTS) is 1. The van der Waals surface area contributed by atoms with Crippen molar-refractivity contribution in [1.29, 1.82) is 0 Å². The summed E-state index contributed by atoms with van der Waals surface area (Å²) in [7, 11) is 0. The van der Waals surface area contributed by atoms with Crippen LogP contribution in [0.3, 0.4) is 0 Å². The Balaban J connectivity index is 2.07. The van der Waals surface area contributed by atoms with E-state index in [2.05, 4.69) is 10.3 Å². The highest BCUT2D eigenvalue weighted by atomic mass is 32.1. The second kappa shape index (κ2) is 4.74. The minimum absolute atomic E-state index is 0.0582. The third kappa shape index (κ3) is 2.84. The van der Waals surface area contributed by atoms with Crippen molar-refractivity contribution in [1.82, 2.24) is 10.3 Å². The first-order valence-corrected chi connectivity index (χ1v) is 6.73. The Labute approximate surface area is 105 Å². The molecule has 2 atom stereocenters. The Morgan fingerprint density at radius 3 is 2.59 bits per heavy atom. The van der Waals surface area contributed by atoms with Gasteiger partial charge in [-0.1, -0.05) is 0 Å². The lowest BCUT2D eigenvalue weighted by molar-refractivity contribution is -0.140. The van der Waals surface area contributed by atoms with E-state index in [9.17, 15) is 9.90 Å². The Bertz CT molecular complexity index is 426. The summed E-state index contributed by atoms with van der Waals surface area (Å²) in [6.07, 6.45) is 2.05. The van der Waals surface area contributed by atoms with Gasteiger partial charge in [0.2, 0.25) is 0 Å². The van der Waals surface area contributed by atoms with E-state index < -0.39 is 12.0 Å². The lowest BCUT2D eigenvalue weighted by Gasteiger charge is -2.19. The molecule has 1 fully saturated rings. The minimum Gasteiger partial charge on any atom is -0.480 e. The van der Waals surface area contributed by atoms with Crippen molar-refractivity contribution < 1.29 is 9.90 Å². The third-order valence-electron chi connectivity index (χ3n) is 3.12. The van der Waals surface area contributed by atoms with Crippen LogP contribution in [0.15, 0.2) is 0 Å². The summed E-state index contributed by atoms with van der Waals surface area (Å²) >= 11 is 1.64. The first kappa shape index (κ1) is 12.5. The minimum atomic E-state index is -0.738. The number of aliphatic carboxylic acids is 1. The van der Waals surface area contributed by atoms with E-state index in [1.165, 1.54) is 0 Å². The lowest BCUT2D eigenvalue weighted by Crippen LogP contribution is -2.39. The number of aromatic nitrogens is 1. The Hall–Kier alpha value is -0.940. The summed E-state index contributed by atoms with van der Waals surface area (Å²) in [5.41, 5.74) is 1.01. The Kier molecular flexibility index (Phi) is 3.49. The zero-order valence-electron chi connectivity index (χ0n) is 10.4. The summed E-state index contributed by atoms with van der Waals surface area (Å²) in [4.78, 5) is 16.7. The molecule has 0 bridgehead atoms. The largest absolute Gasteiger partial charge is 0.480 e. The van der Waals surface area contributed by atoms with Gasteiger partial charge in [-0.05, 0) is 39.5 Å². The quantitative estimate of drug-likeness (QED) is 0.846. The second-order valence-corrected chi connectivity index (χ2v) is 5.96. The number of hydrogen-bond acceptors (Lipinski definition) is 4. The molecule has 2 rings (SSSR count). The second-order valence-electron chi connectivity index (χ2n) is 4.72. The fourth-order valence-electron chi connectivity index (χ4n) is 2.13. The highest BCUT2D eigenvalue weighted by molar-refractivity contribution is 7.11. The maximum atomic E-state index is 11.2. The molecule has 5 heteroatoms. The molecular weight excluding hydrogens is 236 g/mol. The van der Waals surface area contributed by atoms with Gasteiger partial charge in [0, 0.05) is 10.9 Å². The predicted octanol–water partition coefficient (Wildman–Crippen LogP) is 2.27. The molecule has 1 aromatic heterocycles. The maximum absolute atomic E-state index is 11.2. The average Bonchev–Trinajstić information content (AvgIpc) is 3.00. The molecule has 4 nitrogen and oxygen atoms in total. The molecular formula is C12H18N2O2S. The normalized spacial score (nSPS) is 19.0. The van der Waals surface area contributed by atoms with Crippen LogP contribution < -0.4 is 5.32 Å². The molecule has 2 N–H and O–H groups in total. The highest BCUT2D eigenvalue weighted by Crippen LogP contribution is 2.34. The van der Waals surface area contributed by atoms with Gasteiger partial charge < -0.3 is 5.11 Å². The molecule has 1 aromatic rings. The molecule has 0 aromatic carbocycles. The monoisotopic (exact) mass is 254 g/mol. The lowest BCUT2D eigenvalue weighted by atomic mass is 10.1. The molecule has 1 saturated carbocycles. The number of hydrogen-bond donors (Lipinski definition) is 2. The van der Waals surface area contributed by atoms with Crippen molar-refractivity contribution in [2.24, 2.45) is 5.92 Å². The van der Waals surface area contributed by atoms with Gasteiger partial charge in [-0.2, -0.15) is 0 Å². The molecule has 0 radical (unpaired) electrons. The zero-order chi connectivity index (χ0) is 12.6. The van der Waals surface area contributed by atoms with Crippen LogP contribution in [0, 0.1) is 19.8 Å². The first-order chi connectivity index (χ1) is 7.99. The highest BCUT2D eigenvalue weighted by Gasteiger charge is 2.37. The van der Waals surface area contributed by atoms with Gasteiger partial charge in [-0.3, -0.25) is 10.1 Å². The summed E-state index contributed by atoms with van der Waals surface area (Å²) in [5.74, 6) is -0.428. The van der Waals surface area contributed by atoms with Gasteiger partial charge in [0.25, 0.3) is 0 Å². The number of nitrogens with one attached hydrogen (secondary N) is 1. The van der Waals surface area contributed by atoms with E-state index in [1.54, 1.807) is 11.3 Å². The molecule has 0 amide bonds. The van der Waals surface area contributed by atoms with Crippen molar-refractivity contribution in [3.05, 3.63) is 15.6 Å². The summed E-state index contributed by atoms with van der Waals surface area (Å²) in [5, 5.41) is 13.4. The van der Waals surface area contributed by atoms with E-state index in [-0.39, 0.29) is 6.04 Å². The number of rotatable bonds is 5. The number of aryl methyl sites for hydroxylation is 2. The predicted molar refractivity (Wildman–Crippen MR) is 67.3 cm³/mol. The summed E-state index contributed by atoms with van der Waals surface area (Å²) in [6.45, 7) is 5.96. The van der Waals surface area contributed by atoms with Crippen LogP contribution in [0.25, 0.3) is 0 Å². The smallest absolute Gasteiger partial charge is 0.321 e. The van der Waals surface area contributed by atoms with Crippen LogP contribution >= 0.6 is 11.3 Å². The van der Waals surface area contributed by atoms with Gasteiger partial charge in [0.05, 0.1) is 10.7 Å². The average molecular weight is 254 g/mol. The fraction of sp³-hybridized carbons (Fsp3) is 0.667. The van der Waals surface area contributed by atoms with E-state index in [1.807, 2.05) is 20.8 Å². The van der Waals surface area contributed by atoms with Crippen molar-refractivity contribution in [2.75, 3.05) is 0 Å². The molecule has 0 saturated heterocycles. The molecule has 1 heterocycles. The van der Waals surface area contributed by atoms with Gasteiger partial charge >= 0.3 is 5.97 Å². The van der Waals surface area contributed by atoms with Crippen LogP contribution in [0.1, 0.15) is 41.4 Å². The van der Waals surface area contributed by atoms with Crippen LogP contribution in [-0.2, 0) is 4.79 Å². The van der Waals surface area contributed by atoms with Crippen LogP contribution in [0.2, 0.25) is 0 Å². The standard InChI is InChI=1S/C12H18N2O2S/c1-6-11(17-8(3)13-6)7(2)14-10(12(15)16)9-4-5-9/h7,9-10,14H,4-5H2,1-3H3,(H,15,16). The van der Waals surface area contributed by atoms with Crippen molar-refractivity contribution >= 4 is 17.3 Å². The Morgan fingerprint density at radius 1 is 1.53 bits per heavy atom. The van der Waals surface area contributed by atoms with Crippen LogP contribution in [0.4, 0.5) is 0 Å². The van der Waals surface area contributed by atoms with Gasteiger partial charge in [-0.25, -0.2) is 4.98 Å². The molecule has 0 aliphatic heterocycles. The Morgan fingerprint density at radius 2 is 2.18 bits per heavy atom. The van der Waals surface area contributed by atoms with Gasteiger partial charge in [0.15, 0.2) is 0 Å². The molecule has 17 heavy (non-hydrogen) atoms. The molecule has 94 valence electrons. The van der Waals surface area contributed by atoms with E-state index in [0.717, 1.165) is 28.4 Å². The number of carbonyl (C=O) groups is 1. The van der Waals surface area contributed by atoms with E-state index in [0.29, 0.717) is 5.92 Å². The summed E-state index contributed by atoms with van der Waals surface area (Å²) in [6, 6.07) is -0.352. The number of carboxylic acids is 1. The molecule has 2 unspecified atom stereocenters.